The maximum atomic E-state index is 12.6. The van der Waals surface area contributed by atoms with Gasteiger partial charge in [0.15, 0.2) is 0 Å². The van der Waals surface area contributed by atoms with Gasteiger partial charge in [0, 0.05) is 5.92 Å². The Labute approximate surface area is 186 Å². The van der Waals surface area contributed by atoms with Crippen molar-refractivity contribution in [3.63, 3.8) is 0 Å². The first-order valence-corrected chi connectivity index (χ1v) is 10.6. The van der Waals surface area contributed by atoms with Crippen molar-refractivity contribution in [2.24, 2.45) is 0 Å². The third kappa shape index (κ3) is 4.81. The molecule has 1 aliphatic carbocycles. The van der Waals surface area contributed by atoms with E-state index < -0.39 is 30.6 Å². The summed E-state index contributed by atoms with van der Waals surface area (Å²) in [5, 5.41) is 22.1. The number of aliphatic carboxylic acids is 1. The lowest BCUT2D eigenvalue weighted by Gasteiger charge is -2.24. The normalized spacial score (nSPS) is 14.2. The zero-order valence-electron chi connectivity index (χ0n) is 17.5. The number of ether oxygens (including phenoxy) is 1. The molecule has 6 heteroatoms. The Morgan fingerprint density at radius 1 is 0.875 bits per heavy atom. The number of carboxylic acid groups (broad SMARTS) is 1. The van der Waals surface area contributed by atoms with Gasteiger partial charge in [-0.2, -0.15) is 0 Å². The minimum Gasteiger partial charge on any atom is -0.481 e. The average Bonchev–Trinajstić information content (AvgIpc) is 3.11. The van der Waals surface area contributed by atoms with Crippen molar-refractivity contribution >= 4 is 12.1 Å². The molecule has 0 aliphatic heterocycles. The number of amides is 1. The fourth-order valence-corrected chi connectivity index (χ4v) is 4.26. The molecule has 0 fully saturated rings. The summed E-state index contributed by atoms with van der Waals surface area (Å²) in [6, 6.07) is 24.6. The predicted octanol–water partition coefficient (Wildman–Crippen LogP) is 3.97. The summed E-state index contributed by atoms with van der Waals surface area (Å²) < 4.78 is 5.55. The van der Waals surface area contributed by atoms with Crippen LogP contribution in [0.5, 0.6) is 0 Å². The molecule has 3 N–H and O–H groups in total. The van der Waals surface area contributed by atoms with Crippen LogP contribution in [0.3, 0.4) is 0 Å². The van der Waals surface area contributed by atoms with E-state index in [9.17, 15) is 14.7 Å². The summed E-state index contributed by atoms with van der Waals surface area (Å²) in [6.07, 6.45) is -2.11. The number of alkyl carbamates (subject to hydrolysis) is 1. The molecular weight excluding hydrogens is 406 g/mol. The third-order valence-electron chi connectivity index (χ3n) is 5.79. The van der Waals surface area contributed by atoms with E-state index in [1.807, 2.05) is 66.7 Å². The number of fused-ring (bicyclic) bond motifs is 3. The molecule has 0 radical (unpaired) electrons. The van der Waals surface area contributed by atoms with Gasteiger partial charge in [-0.25, -0.2) is 4.79 Å². The Balaban J connectivity index is 1.45. The van der Waals surface area contributed by atoms with Crippen molar-refractivity contribution in [1.29, 1.82) is 0 Å². The summed E-state index contributed by atoms with van der Waals surface area (Å²) in [6.45, 7) is 0.146. The van der Waals surface area contributed by atoms with E-state index in [2.05, 4.69) is 17.4 Å². The van der Waals surface area contributed by atoms with E-state index in [4.69, 9.17) is 9.84 Å². The smallest absolute Gasteiger partial charge is 0.407 e. The molecular formula is C26H25NO5. The van der Waals surface area contributed by atoms with E-state index in [0.717, 1.165) is 27.8 Å². The summed E-state index contributed by atoms with van der Waals surface area (Å²) in [5.41, 5.74) is 5.36. The summed E-state index contributed by atoms with van der Waals surface area (Å²) >= 11 is 0. The van der Waals surface area contributed by atoms with Crippen LogP contribution in [-0.2, 0) is 16.0 Å². The maximum Gasteiger partial charge on any atom is 0.407 e. The zero-order valence-corrected chi connectivity index (χ0v) is 17.5. The Morgan fingerprint density at radius 2 is 1.44 bits per heavy atom. The van der Waals surface area contributed by atoms with Crippen LogP contribution in [0.25, 0.3) is 11.1 Å². The molecule has 0 bridgehead atoms. The van der Waals surface area contributed by atoms with Gasteiger partial charge in [-0.05, 0) is 34.2 Å². The first kappa shape index (κ1) is 21.6. The number of aliphatic hydroxyl groups is 1. The molecule has 6 nitrogen and oxygen atoms in total. The van der Waals surface area contributed by atoms with Crippen LogP contribution >= 0.6 is 0 Å². The minimum atomic E-state index is -1.24. The van der Waals surface area contributed by atoms with Crippen molar-refractivity contribution in [2.45, 2.75) is 30.9 Å². The van der Waals surface area contributed by atoms with Gasteiger partial charge in [0.1, 0.15) is 6.61 Å². The van der Waals surface area contributed by atoms with Gasteiger partial charge < -0.3 is 20.3 Å². The SMILES string of the molecule is O=C(O)C[C@@H](O)[C@H](Cc1ccccc1)NC(=O)OCC1c2ccccc2-c2ccccc21. The van der Waals surface area contributed by atoms with Gasteiger partial charge in [-0.3, -0.25) is 4.79 Å². The van der Waals surface area contributed by atoms with Crippen molar-refractivity contribution in [2.75, 3.05) is 6.61 Å². The Morgan fingerprint density at radius 3 is 2.03 bits per heavy atom. The van der Waals surface area contributed by atoms with Crippen LogP contribution in [0.15, 0.2) is 78.9 Å². The number of carbonyl (C=O) groups is 2. The second-order valence-electron chi connectivity index (χ2n) is 7.93. The minimum absolute atomic E-state index is 0.0790. The van der Waals surface area contributed by atoms with Crippen LogP contribution in [0.4, 0.5) is 4.79 Å². The highest BCUT2D eigenvalue weighted by atomic mass is 16.5. The van der Waals surface area contributed by atoms with Crippen LogP contribution < -0.4 is 5.32 Å². The topological polar surface area (TPSA) is 95.9 Å². The van der Waals surface area contributed by atoms with Gasteiger partial charge in [-0.1, -0.05) is 78.9 Å². The second-order valence-corrected chi connectivity index (χ2v) is 7.93. The van der Waals surface area contributed by atoms with E-state index >= 15 is 0 Å². The lowest BCUT2D eigenvalue weighted by molar-refractivity contribution is -0.139. The van der Waals surface area contributed by atoms with Gasteiger partial charge in [-0.15, -0.1) is 0 Å². The van der Waals surface area contributed by atoms with Crippen molar-refractivity contribution < 1.29 is 24.5 Å². The summed E-state index contributed by atoms with van der Waals surface area (Å²) in [5.74, 6) is -1.21. The summed E-state index contributed by atoms with van der Waals surface area (Å²) in [7, 11) is 0. The fraction of sp³-hybridized carbons (Fsp3) is 0.231. The van der Waals surface area contributed by atoms with E-state index in [1.165, 1.54) is 0 Å². The maximum absolute atomic E-state index is 12.6. The molecule has 0 saturated carbocycles. The predicted molar refractivity (Wildman–Crippen MR) is 120 cm³/mol. The van der Waals surface area contributed by atoms with Gasteiger partial charge in [0.25, 0.3) is 0 Å². The van der Waals surface area contributed by atoms with E-state index in [-0.39, 0.29) is 12.5 Å². The molecule has 0 saturated heterocycles. The number of aliphatic hydroxyl groups excluding tert-OH is 1. The molecule has 2 atom stereocenters. The lowest BCUT2D eigenvalue weighted by atomic mass is 9.98. The van der Waals surface area contributed by atoms with Crippen LogP contribution in [0, 0.1) is 0 Å². The molecule has 0 aromatic heterocycles. The van der Waals surface area contributed by atoms with E-state index in [0.29, 0.717) is 6.42 Å². The Hall–Kier alpha value is -3.64. The highest BCUT2D eigenvalue weighted by molar-refractivity contribution is 5.79. The van der Waals surface area contributed by atoms with Crippen LogP contribution in [-0.4, -0.2) is 41.0 Å². The van der Waals surface area contributed by atoms with Gasteiger partial charge >= 0.3 is 12.1 Å². The first-order valence-electron chi connectivity index (χ1n) is 10.6. The number of carbonyl (C=O) groups excluding carboxylic acids is 1. The molecule has 0 unspecified atom stereocenters. The largest absolute Gasteiger partial charge is 0.481 e. The quantitative estimate of drug-likeness (QED) is 0.502. The van der Waals surface area contributed by atoms with Gasteiger partial charge in [0.05, 0.1) is 18.6 Å². The fourth-order valence-electron chi connectivity index (χ4n) is 4.26. The average molecular weight is 431 g/mol. The molecule has 32 heavy (non-hydrogen) atoms. The van der Waals surface area contributed by atoms with Crippen molar-refractivity contribution in [3.05, 3.63) is 95.6 Å². The van der Waals surface area contributed by atoms with Gasteiger partial charge in [0.2, 0.25) is 0 Å². The number of carboxylic acids is 1. The molecule has 0 heterocycles. The third-order valence-corrected chi connectivity index (χ3v) is 5.79. The van der Waals surface area contributed by atoms with E-state index in [1.54, 1.807) is 0 Å². The molecule has 0 spiro atoms. The Bertz CT molecular complexity index is 1050. The number of hydrogen-bond acceptors (Lipinski definition) is 4. The Kier molecular flexibility index (Phi) is 6.52. The first-order chi connectivity index (χ1) is 15.5. The monoisotopic (exact) mass is 431 g/mol. The van der Waals surface area contributed by atoms with Crippen molar-refractivity contribution in [1.82, 2.24) is 5.32 Å². The standard InChI is InChI=1S/C26H25NO5/c28-24(15-25(29)30)23(14-17-8-2-1-3-9-17)27-26(31)32-16-22-20-12-6-4-10-18(20)19-11-5-7-13-21(19)22/h1-13,22-24,28H,14-16H2,(H,27,31)(H,29,30)/t23-,24+/m0/s1. The molecule has 3 aromatic carbocycles. The second kappa shape index (κ2) is 9.66. The lowest BCUT2D eigenvalue weighted by Crippen LogP contribution is -2.46. The number of nitrogens with one attached hydrogen (secondary N) is 1. The van der Waals surface area contributed by atoms with Crippen LogP contribution in [0.2, 0.25) is 0 Å². The molecule has 4 rings (SSSR count). The number of rotatable bonds is 8. The highest BCUT2D eigenvalue weighted by Crippen LogP contribution is 2.44. The van der Waals surface area contributed by atoms with Crippen LogP contribution in [0.1, 0.15) is 29.0 Å². The highest BCUT2D eigenvalue weighted by Gasteiger charge is 2.30. The van der Waals surface area contributed by atoms with Crippen molar-refractivity contribution in [3.8, 4) is 11.1 Å². The molecule has 1 aliphatic rings. The zero-order chi connectivity index (χ0) is 22.5. The number of benzene rings is 3. The molecule has 1 amide bonds. The molecule has 3 aromatic rings. The number of hydrogen-bond donors (Lipinski definition) is 3. The molecule has 164 valence electrons. The summed E-state index contributed by atoms with van der Waals surface area (Å²) in [4.78, 5) is 23.7.